The predicted octanol–water partition coefficient (Wildman–Crippen LogP) is 3.69. The van der Waals surface area contributed by atoms with Gasteiger partial charge < -0.3 is 15.6 Å². The highest BCUT2D eigenvalue weighted by Gasteiger charge is 2.23. The first-order valence-electron chi connectivity index (χ1n) is 9.92. The second kappa shape index (κ2) is 9.26. The number of nitrogens with zero attached hydrogens (tertiary/aromatic N) is 3. The monoisotopic (exact) mass is 427 g/mol. The predicted molar refractivity (Wildman–Crippen MR) is 117 cm³/mol. The van der Waals surface area contributed by atoms with Crippen LogP contribution in [0, 0.1) is 5.92 Å². The minimum atomic E-state index is -0.663. The summed E-state index contributed by atoms with van der Waals surface area (Å²) in [5.74, 6) is -0.199. The number of carbonyl (C=O) groups is 2. The lowest BCUT2D eigenvalue weighted by atomic mass is 9.91. The van der Waals surface area contributed by atoms with Crippen LogP contribution in [0.3, 0.4) is 0 Å². The molecule has 0 saturated heterocycles. The van der Waals surface area contributed by atoms with Gasteiger partial charge in [-0.1, -0.05) is 31.5 Å². The summed E-state index contributed by atoms with van der Waals surface area (Å²) in [4.78, 5) is 33.3. The maximum atomic E-state index is 13.1. The van der Waals surface area contributed by atoms with Crippen molar-refractivity contribution < 1.29 is 9.59 Å². The van der Waals surface area contributed by atoms with E-state index in [9.17, 15) is 9.59 Å². The molecule has 8 heteroatoms. The van der Waals surface area contributed by atoms with E-state index in [-0.39, 0.29) is 11.8 Å². The van der Waals surface area contributed by atoms with Crippen LogP contribution in [0.15, 0.2) is 43.0 Å². The number of hydrogen-bond donors (Lipinski definition) is 2. The number of rotatable bonds is 8. The van der Waals surface area contributed by atoms with Gasteiger partial charge in [-0.05, 0) is 37.0 Å². The average molecular weight is 428 g/mol. The SMILES string of the molecule is CC(C)CC(CNC(=O)c1cn(C(C)C(N)=O)c2nccc(Cl)c12)c1cccnc1. The molecule has 2 atom stereocenters. The van der Waals surface area contributed by atoms with Crippen LogP contribution in [0.4, 0.5) is 0 Å². The van der Waals surface area contributed by atoms with E-state index in [2.05, 4.69) is 29.1 Å². The van der Waals surface area contributed by atoms with Gasteiger partial charge in [-0.3, -0.25) is 14.6 Å². The van der Waals surface area contributed by atoms with E-state index in [1.807, 2.05) is 18.3 Å². The number of amides is 2. The Hall–Kier alpha value is -2.93. The molecule has 0 aliphatic carbocycles. The zero-order valence-electron chi connectivity index (χ0n) is 17.3. The van der Waals surface area contributed by atoms with Crippen molar-refractivity contribution in [2.24, 2.45) is 11.7 Å². The number of aromatic nitrogens is 3. The summed E-state index contributed by atoms with van der Waals surface area (Å²) < 4.78 is 1.59. The Morgan fingerprint density at radius 1 is 1.23 bits per heavy atom. The van der Waals surface area contributed by atoms with Gasteiger partial charge >= 0.3 is 0 Å². The molecule has 30 heavy (non-hydrogen) atoms. The molecule has 2 amide bonds. The van der Waals surface area contributed by atoms with E-state index in [4.69, 9.17) is 17.3 Å². The van der Waals surface area contributed by atoms with E-state index in [1.54, 1.807) is 30.0 Å². The molecule has 3 rings (SSSR count). The second-order valence-electron chi connectivity index (χ2n) is 7.84. The van der Waals surface area contributed by atoms with Gasteiger partial charge in [-0.25, -0.2) is 4.98 Å². The summed E-state index contributed by atoms with van der Waals surface area (Å²) in [7, 11) is 0. The van der Waals surface area contributed by atoms with Gasteiger partial charge in [0.05, 0.1) is 16.0 Å². The summed E-state index contributed by atoms with van der Waals surface area (Å²) in [5, 5.41) is 3.92. The first-order chi connectivity index (χ1) is 14.3. The summed E-state index contributed by atoms with van der Waals surface area (Å²) in [5.41, 5.74) is 7.36. The molecule has 0 bridgehead atoms. The topological polar surface area (TPSA) is 103 Å². The molecule has 0 radical (unpaired) electrons. The molecule has 0 spiro atoms. The lowest BCUT2D eigenvalue weighted by molar-refractivity contribution is -0.120. The van der Waals surface area contributed by atoms with Crippen LogP contribution in [0.25, 0.3) is 11.0 Å². The molecule has 0 saturated carbocycles. The summed E-state index contributed by atoms with van der Waals surface area (Å²) in [6.45, 7) is 6.41. The molecule has 3 N–H and O–H groups in total. The van der Waals surface area contributed by atoms with E-state index in [0.29, 0.717) is 34.1 Å². The third kappa shape index (κ3) is 4.62. The Kier molecular flexibility index (Phi) is 6.72. The zero-order valence-corrected chi connectivity index (χ0v) is 18.1. The Morgan fingerprint density at radius 2 is 2.00 bits per heavy atom. The van der Waals surface area contributed by atoms with E-state index >= 15 is 0 Å². The molecule has 3 heterocycles. The second-order valence-corrected chi connectivity index (χ2v) is 8.25. The lowest BCUT2D eigenvalue weighted by Crippen LogP contribution is -2.29. The normalized spacial score (nSPS) is 13.4. The summed E-state index contributed by atoms with van der Waals surface area (Å²) >= 11 is 6.37. The van der Waals surface area contributed by atoms with Gasteiger partial charge in [0.25, 0.3) is 5.91 Å². The fourth-order valence-corrected chi connectivity index (χ4v) is 3.82. The number of primary amides is 1. The van der Waals surface area contributed by atoms with Crippen LogP contribution in [0.5, 0.6) is 0 Å². The Bertz CT molecular complexity index is 1050. The van der Waals surface area contributed by atoms with E-state index in [0.717, 1.165) is 12.0 Å². The van der Waals surface area contributed by atoms with Crippen LogP contribution < -0.4 is 11.1 Å². The molecule has 0 fully saturated rings. The van der Waals surface area contributed by atoms with Crippen LogP contribution in [-0.2, 0) is 4.79 Å². The number of carbonyl (C=O) groups excluding carboxylic acids is 2. The lowest BCUT2D eigenvalue weighted by Gasteiger charge is -2.19. The maximum absolute atomic E-state index is 13.1. The highest BCUT2D eigenvalue weighted by molar-refractivity contribution is 6.36. The van der Waals surface area contributed by atoms with E-state index in [1.165, 1.54) is 6.20 Å². The highest BCUT2D eigenvalue weighted by atomic mass is 35.5. The first-order valence-corrected chi connectivity index (χ1v) is 10.3. The number of nitrogens with two attached hydrogens (primary N) is 1. The van der Waals surface area contributed by atoms with Crippen LogP contribution >= 0.6 is 11.6 Å². The largest absolute Gasteiger partial charge is 0.368 e. The molecule has 158 valence electrons. The average Bonchev–Trinajstić information content (AvgIpc) is 3.11. The van der Waals surface area contributed by atoms with Crippen molar-refractivity contribution in [2.45, 2.75) is 39.2 Å². The van der Waals surface area contributed by atoms with Gasteiger partial charge in [0.2, 0.25) is 5.91 Å². The molecular weight excluding hydrogens is 402 g/mol. The Morgan fingerprint density at radius 3 is 2.63 bits per heavy atom. The molecule has 0 aromatic carbocycles. The van der Waals surface area contributed by atoms with Gasteiger partial charge in [-0.15, -0.1) is 0 Å². The number of halogens is 1. The minimum Gasteiger partial charge on any atom is -0.368 e. The van der Waals surface area contributed by atoms with Gasteiger partial charge in [0, 0.05) is 37.3 Å². The van der Waals surface area contributed by atoms with Crippen molar-refractivity contribution in [3.05, 3.63) is 59.1 Å². The molecule has 7 nitrogen and oxygen atoms in total. The zero-order chi connectivity index (χ0) is 21.8. The third-order valence-electron chi connectivity index (χ3n) is 5.16. The minimum absolute atomic E-state index is 0.133. The van der Waals surface area contributed by atoms with Crippen molar-refractivity contribution in [1.82, 2.24) is 19.9 Å². The fraction of sp³-hybridized carbons (Fsp3) is 0.364. The van der Waals surface area contributed by atoms with Crippen molar-refractivity contribution >= 4 is 34.4 Å². The molecular formula is C22H26ClN5O2. The van der Waals surface area contributed by atoms with Gasteiger partial charge in [-0.2, -0.15) is 0 Å². The quantitative estimate of drug-likeness (QED) is 0.572. The summed E-state index contributed by atoms with van der Waals surface area (Å²) in [6.07, 6.45) is 7.61. The van der Waals surface area contributed by atoms with Crippen LogP contribution in [0.2, 0.25) is 5.02 Å². The number of fused-ring (bicyclic) bond motifs is 1. The first kappa shape index (κ1) is 21.8. The van der Waals surface area contributed by atoms with Crippen molar-refractivity contribution in [3.8, 4) is 0 Å². The van der Waals surface area contributed by atoms with Crippen molar-refractivity contribution in [2.75, 3.05) is 6.54 Å². The van der Waals surface area contributed by atoms with Crippen molar-refractivity contribution in [3.63, 3.8) is 0 Å². The van der Waals surface area contributed by atoms with Gasteiger partial charge in [0.15, 0.2) is 0 Å². The molecule has 3 aromatic heterocycles. The third-order valence-corrected chi connectivity index (χ3v) is 5.47. The summed E-state index contributed by atoms with van der Waals surface area (Å²) in [6, 6.07) is 4.88. The molecule has 2 unspecified atom stereocenters. The Balaban J connectivity index is 1.90. The van der Waals surface area contributed by atoms with E-state index < -0.39 is 11.9 Å². The molecule has 3 aromatic rings. The highest BCUT2D eigenvalue weighted by Crippen LogP contribution is 2.30. The van der Waals surface area contributed by atoms with Gasteiger partial charge in [0.1, 0.15) is 11.7 Å². The number of hydrogen-bond acceptors (Lipinski definition) is 4. The Labute approximate surface area is 180 Å². The number of pyridine rings is 2. The van der Waals surface area contributed by atoms with Crippen molar-refractivity contribution in [1.29, 1.82) is 0 Å². The smallest absolute Gasteiger partial charge is 0.253 e. The number of nitrogens with one attached hydrogen (secondary N) is 1. The van der Waals surface area contributed by atoms with Crippen LogP contribution in [-0.4, -0.2) is 32.9 Å². The standard InChI is InChI=1S/C22H26ClN5O2/c1-13(2)9-16(15-5-4-7-25-10-15)11-27-22(30)17-12-28(14(3)20(24)29)21-19(17)18(23)6-8-26-21/h4-8,10,12-14,16H,9,11H2,1-3H3,(H2,24,29)(H,27,30). The fourth-order valence-electron chi connectivity index (χ4n) is 3.58. The molecule has 0 aliphatic heterocycles. The maximum Gasteiger partial charge on any atom is 0.253 e. The molecule has 0 aliphatic rings. The van der Waals surface area contributed by atoms with Crippen LogP contribution in [0.1, 0.15) is 55.1 Å².